The molecule has 8 unspecified atom stereocenters. The number of nitriles is 1. The molecule has 0 N–H and O–H groups in total. The fourth-order valence-corrected chi connectivity index (χ4v) is 8.68. The van der Waals surface area contributed by atoms with Crippen molar-refractivity contribution in [3.8, 4) is 6.07 Å². The van der Waals surface area contributed by atoms with Crippen LogP contribution in [-0.4, -0.2) is 24.6 Å². The van der Waals surface area contributed by atoms with Crippen molar-refractivity contribution in [2.24, 2.45) is 40.4 Å². The maximum atomic E-state index is 11.5. The van der Waals surface area contributed by atoms with Crippen LogP contribution < -0.4 is 0 Å². The Balaban J connectivity index is 1.52. The van der Waals surface area contributed by atoms with Crippen molar-refractivity contribution < 1.29 is 19.1 Å². The summed E-state index contributed by atoms with van der Waals surface area (Å²) in [7, 11) is 0. The summed E-state index contributed by atoms with van der Waals surface area (Å²) in [6.07, 6.45) is 12.2. The second-order valence-corrected chi connectivity index (χ2v) is 11.5. The number of rotatable bonds is 4. The predicted octanol–water partition coefficient (Wildman–Crippen LogP) is 5.59. The van der Waals surface area contributed by atoms with Crippen LogP contribution in [0.3, 0.4) is 0 Å². The Morgan fingerprint density at radius 3 is 2.38 bits per heavy atom. The van der Waals surface area contributed by atoms with Crippen molar-refractivity contribution in [3.05, 3.63) is 11.6 Å². The second-order valence-electron chi connectivity index (χ2n) is 11.5. The number of fused-ring (bicyclic) bond motifs is 5. The van der Waals surface area contributed by atoms with Gasteiger partial charge in [-0.05, 0) is 104 Å². The third-order valence-electron chi connectivity index (χ3n) is 10.1. The van der Waals surface area contributed by atoms with E-state index < -0.39 is 0 Å². The average Bonchev–Trinajstić information content (AvgIpc) is 3.08. The molecular weight excluding hydrogens is 402 g/mol. The van der Waals surface area contributed by atoms with Crippen LogP contribution in [0.4, 0.5) is 0 Å². The summed E-state index contributed by atoms with van der Waals surface area (Å²) in [5, 5.41) is 9.37. The van der Waals surface area contributed by atoms with Gasteiger partial charge in [-0.25, -0.2) is 0 Å². The molecule has 4 saturated carbocycles. The third kappa shape index (κ3) is 3.99. The first-order valence-electron chi connectivity index (χ1n) is 12.6. The van der Waals surface area contributed by atoms with Gasteiger partial charge in [0, 0.05) is 19.9 Å². The first-order valence-corrected chi connectivity index (χ1v) is 12.6. The number of carbonyl (C=O) groups excluding carboxylic acids is 2. The van der Waals surface area contributed by atoms with Crippen molar-refractivity contribution in [3.63, 3.8) is 0 Å². The summed E-state index contributed by atoms with van der Waals surface area (Å²) in [6.45, 7) is 8.18. The van der Waals surface area contributed by atoms with Gasteiger partial charge in [0.05, 0.1) is 6.07 Å². The molecular formula is C27H39NO4. The van der Waals surface area contributed by atoms with Gasteiger partial charge >= 0.3 is 11.9 Å². The Morgan fingerprint density at radius 2 is 1.69 bits per heavy atom. The second kappa shape index (κ2) is 8.84. The molecule has 176 valence electrons. The van der Waals surface area contributed by atoms with E-state index in [1.165, 1.54) is 46.0 Å². The third-order valence-corrected chi connectivity index (χ3v) is 10.1. The fraction of sp³-hybridized carbons (Fsp3) is 0.815. The Kier molecular flexibility index (Phi) is 6.45. The lowest BCUT2D eigenvalue weighted by Crippen LogP contribution is -2.54. The first-order chi connectivity index (χ1) is 15.2. The quantitative estimate of drug-likeness (QED) is 0.420. The summed E-state index contributed by atoms with van der Waals surface area (Å²) in [5.74, 6) is 2.71. The molecule has 4 aliphatic rings. The number of hydrogen-bond acceptors (Lipinski definition) is 5. The average molecular weight is 442 g/mol. The van der Waals surface area contributed by atoms with Crippen LogP contribution in [0.25, 0.3) is 0 Å². The van der Waals surface area contributed by atoms with Crippen molar-refractivity contribution >= 4 is 11.9 Å². The zero-order chi connectivity index (χ0) is 23.1. The fourth-order valence-electron chi connectivity index (χ4n) is 8.68. The molecule has 4 rings (SSSR count). The molecule has 0 saturated heterocycles. The van der Waals surface area contributed by atoms with E-state index in [0.717, 1.165) is 43.1 Å². The maximum Gasteiger partial charge on any atom is 0.302 e. The highest BCUT2D eigenvalue weighted by molar-refractivity contribution is 5.66. The van der Waals surface area contributed by atoms with Gasteiger partial charge in [-0.3, -0.25) is 9.59 Å². The monoisotopic (exact) mass is 441 g/mol. The minimum atomic E-state index is -0.284. The van der Waals surface area contributed by atoms with E-state index in [1.54, 1.807) is 6.08 Å². The lowest BCUT2D eigenvalue weighted by Gasteiger charge is -2.61. The standard InChI is InChI=1S/C27H39NO4/c1-17(29)31-16-19(11-14-28)23-7-8-24-22-6-5-20-15-21(32-18(2)30)9-12-26(20,3)25(22)10-13-27(23,24)4/h11,20-25H,5-10,12-13,15-16H2,1-4H3/b19-11+. The van der Waals surface area contributed by atoms with Crippen molar-refractivity contribution in [1.29, 1.82) is 5.26 Å². The van der Waals surface area contributed by atoms with Crippen LogP contribution in [0.5, 0.6) is 0 Å². The van der Waals surface area contributed by atoms with Gasteiger partial charge in [-0.2, -0.15) is 5.26 Å². The molecule has 5 nitrogen and oxygen atoms in total. The smallest absolute Gasteiger partial charge is 0.302 e. The summed E-state index contributed by atoms with van der Waals surface area (Å²) in [4.78, 5) is 22.9. The van der Waals surface area contributed by atoms with Gasteiger partial charge in [0.15, 0.2) is 0 Å². The highest BCUT2D eigenvalue weighted by atomic mass is 16.5. The Bertz CT molecular complexity index is 828. The molecule has 0 aliphatic heterocycles. The Labute approximate surface area is 192 Å². The van der Waals surface area contributed by atoms with Gasteiger partial charge in [-0.1, -0.05) is 13.8 Å². The molecule has 0 radical (unpaired) electrons. The van der Waals surface area contributed by atoms with Crippen LogP contribution in [0.1, 0.15) is 85.5 Å². The zero-order valence-corrected chi connectivity index (χ0v) is 20.2. The summed E-state index contributed by atoms with van der Waals surface area (Å²) >= 11 is 0. The van der Waals surface area contributed by atoms with Gasteiger partial charge in [-0.15, -0.1) is 0 Å². The Hall–Kier alpha value is -1.83. The normalized spacial score (nSPS) is 43.3. The number of hydrogen-bond donors (Lipinski definition) is 0. The van der Waals surface area contributed by atoms with Crippen LogP contribution >= 0.6 is 0 Å². The topological polar surface area (TPSA) is 76.4 Å². The molecule has 32 heavy (non-hydrogen) atoms. The number of carbonyl (C=O) groups is 2. The van der Waals surface area contributed by atoms with Gasteiger partial charge in [0.2, 0.25) is 0 Å². The van der Waals surface area contributed by atoms with Crippen LogP contribution in [0, 0.1) is 51.8 Å². The van der Waals surface area contributed by atoms with E-state index in [9.17, 15) is 14.9 Å². The van der Waals surface area contributed by atoms with E-state index in [1.807, 2.05) is 0 Å². The van der Waals surface area contributed by atoms with Gasteiger partial charge in [0.1, 0.15) is 12.7 Å². The number of ether oxygens (including phenoxy) is 2. The maximum absolute atomic E-state index is 11.5. The van der Waals surface area contributed by atoms with E-state index in [4.69, 9.17) is 9.47 Å². The number of allylic oxidation sites excluding steroid dienone is 1. The van der Waals surface area contributed by atoms with Gasteiger partial charge in [0.25, 0.3) is 0 Å². The van der Waals surface area contributed by atoms with Crippen LogP contribution in [0.2, 0.25) is 0 Å². The molecule has 0 aromatic heterocycles. The molecule has 0 heterocycles. The lowest BCUT2D eigenvalue weighted by molar-refractivity contribution is -0.159. The highest BCUT2D eigenvalue weighted by Crippen LogP contribution is 2.68. The van der Waals surface area contributed by atoms with E-state index in [-0.39, 0.29) is 30.1 Å². The molecule has 4 aliphatic carbocycles. The molecule has 4 fully saturated rings. The van der Waals surface area contributed by atoms with Crippen molar-refractivity contribution in [1.82, 2.24) is 0 Å². The highest BCUT2D eigenvalue weighted by Gasteiger charge is 2.60. The Morgan fingerprint density at radius 1 is 0.969 bits per heavy atom. The predicted molar refractivity (Wildman–Crippen MR) is 121 cm³/mol. The van der Waals surface area contributed by atoms with Gasteiger partial charge < -0.3 is 9.47 Å². The first kappa shape index (κ1) is 23.3. The van der Waals surface area contributed by atoms with Crippen molar-refractivity contribution in [2.75, 3.05) is 6.61 Å². The SMILES string of the molecule is CC(=O)OC/C(=C\C#N)C1CCC2C3CCC4CC(OC(C)=O)CCC4(C)C3CCC12C. The number of nitrogens with zero attached hydrogens (tertiary/aromatic N) is 1. The van der Waals surface area contributed by atoms with E-state index >= 15 is 0 Å². The molecule has 0 spiro atoms. The number of esters is 2. The lowest BCUT2D eigenvalue weighted by atomic mass is 9.44. The molecule has 0 amide bonds. The molecule has 0 bridgehead atoms. The zero-order valence-electron chi connectivity index (χ0n) is 20.2. The molecule has 8 atom stereocenters. The van der Waals surface area contributed by atoms with E-state index in [2.05, 4.69) is 19.9 Å². The molecule has 0 aromatic carbocycles. The van der Waals surface area contributed by atoms with Crippen molar-refractivity contribution in [2.45, 2.75) is 91.6 Å². The minimum absolute atomic E-state index is 0.104. The summed E-state index contributed by atoms with van der Waals surface area (Å²) in [5.41, 5.74) is 1.54. The minimum Gasteiger partial charge on any atom is -0.463 e. The molecule has 0 aromatic rings. The van der Waals surface area contributed by atoms with Crippen LogP contribution in [0.15, 0.2) is 11.6 Å². The summed E-state index contributed by atoms with van der Waals surface area (Å²) < 4.78 is 10.9. The summed E-state index contributed by atoms with van der Waals surface area (Å²) in [6, 6.07) is 2.21. The van der Waals surface area contributed by atoms with E-state index in [0.29, 0.717) is 23.2 Å². The molecule has 5 heteroatoms. The largest absolute Gasteiger partial charge is 0.463 e. The van der Waals surface area contributed by atoms with Crippen LogP contribution in [-0.2, 0) is 19.1 Å².